The van der Waals surface area contributed by atoms with E-state index < -0.39 is 5.97 Å². The largest absolute Gasteiger partial charge is 0.482 e. The molecule has 0 radical (unpaired) electrons. The molecule has 2 aromatic carbocycles. The molecule has 1 N–H and O–H groups in total. The van der Waals surface area contributed by atoms with Crippen molar-refractivity contribution in [2.75, 3.05) is 19.0 Å². The second-order valence-electron chi connectivity index (χ2n) is 7.39. The summed E-state index contributed by atoms with van der Waals surface area (Å²) in [5, 5.41) is 2.85. The molecule has 144 valence electrons. The molecule has 27 heavy (non-hydrogen) atoms. The molecule has 0 saturated heterocycles. The van der Waals surface area contributed by atoms with Crippen LogP contribution in [-0.4, -0.2) is 25.6 Å². The van der Waals surface area contributed by atoms with Crippen molar-refractivity contribution in [3.63, 3.8) is 0 Å². The Morgan fingerprint density at radius 1 is 1.04 bits per heavy atom. The topological polar surface area (TPSA) is 64.6 Å². The van der Waals surface area contributed by atoms with Crippen LogP contribution in [0.25, 0.3) is 0 Å². The zero-order valence-electron chi connectivity index (χ0n) is 16.4. The fourth-order valence-corrected chi connectivity index (χ4v) is 2.52. The van der Waals surface area contributed by atoms with Crippen molar-refractivity contribution in [2.24, 2.45) is 0 Å². The maximum Gasteiger partial charge on any atom is 0.343 e. The first-order chi connectivity index (χ1) is 12.8. The molecule has 5 heteroatoms. The number of hydrogen-bond acceptors (Lipinski definition) is 4. The van der Waals surface area contributed by atoms with Crippen LogP contribution >= 0.6 is 0 Å². The van der Waals surface area contributed by atoms with Crippen LogP contribution in [-0.2, 0) is 26.2 Å². The van der Waals surface area contributed by atoms with Gasteiger partial charge in [-0.1, -0.05) is 51.1 Å². The Bertz CT molecular complexity index is 776. The van der Waals surface area contributed by atoms with Gasteiger partial charge < -0.3 is 14.8 Å². The third-order valence-electron chi connectivity index (χ3n) is 4.16. The lowest BCUT2D eigenvalue weighted by Gasteiger charge is -2.19. The summed E-state index contributed by atoms with van der Waals surface area (Å²) in [6.07, 6.45) is 1.07. The Balaban J connectivity index is 1.86. The number of ether oxygens (including phenoxy) is 2. The number of anilines is 1. The Morgan fingerprint density at radius 2 is 1.74 bits per heavy atom. The monoisotopic (exact) mass is 369 g/mol. The molecule has 0 heterocycles. The van der Waals surface area contributed by atoms with Crippen LogP contribution in [0.1, 0.15) is 38.3 Å². The normalized spacial score (nSPS) is 11.0. The minimum atomic E-state index is -0.457. The fourth-order valence-electron chi connectivity index (χ4n) is 2.52. The number of carbonyl (C=O) groups is 2. The van der Waals surface area contributed by atoms with E-state index in [0.717, 1.165) is 5.56 Å². The molecule has 0 saturated carbocycles. The number of aryl methyl sites for hydroxylation is 1. The van der Waals surface area contributed by atoms with Crippen LogP contribution in [0.15, 0.2) is 48.5 Å². The lowest BCUT2D eigenvalue weighted by molar-refractivity contribution is -0.142. The van der Waals surface area contributed by atoms with Gasteiger partial charge in [0.2, 0.25) is 5.91 Å². The van der Waals surface area contributed by atoms with E-state index in [2.05, 4.69) is 55.1 Å². The average molecular weight is 369 g/mol. The standard InChI is InChI=1S/C22H27NO4/c1-22(2,3)17-11-8-16(9-12-17)10-13-20(24)23-18-6-5-7-19(14-18)27-15-21(25)26-4/h5-9,11-12,14H,10,13,15H2,1-4H3,(H,23,24). The maximum absolute atomic E-state index is 12.2. The van der Waals surface area contributed by atoms with E-state index in [1.807, 2.05) is 0 Å². The number of methoxy groups -OCH3 is 1. The van der Waals surface area contributed by atoms with Crippen LogP contribution in [0.2, 0.25) is 0 Å². The first-order valence-corrected chi connectivity index (χ1v) is 8.97. The minimum Gasteiger partial charge on any atom is -0.482 e. The summed E-state index contributed by atoms with van der Waals surface area (Å²) in [6.45, 7) is 6.37. The number of nitrogens with one attached hydrogen (secondary N) is 1. The third kappa shape index (κ3) is 6.77. The quantitative estimate of drug-likeness (QED) is 0.746. The number of benzene rings is 2. The first kappa shape index (κ1) is 20.5. The van der Waals surface area contributed by atoms with E-state index in [1.165, 1.54) is 12.7 Å². The van der Waals surface area contributed by atoms with Crippen LogP contribution in [0.5, 0.6) is 5.75 Å². The van der Waals surface area contributed by atoms with Gasteiger partial charge in [0.25, 0.3) is 0 Å². The molecule has 5 nitrogen and oxygen atoms in total. The highest BCUT2D eigenvalue weighted by Crippen LogP contribution is 2.22. The van der Waals surface area contributed by atoms with Crippen molar-refractivity contribution in [1.29, 1.82) is 0 Å². The van der Waals surface area contributed by atoms with Gasteiger partial charge in [-0.25, -0.2) is 4.79 Å². The molecular formula is C22H27NO4. The van der Waals surface area contributed by atoms with Gasteiger partial charge in [-0.15, -0.1) is 0 Å². The van der Waals surface area contributed by atoms with Gasteiger partial charge in [0.15, 0.2) is 6.61 Å². The Hall–Kier alpha value is -2.82. The number of rotatable bonds is 7. The molecule has 2 rings (SSSR count). The Labute approximate surface area is 160 Å². The number of esters is 1. The highest BCUT2D eigenvalue weighted by Gasteiger charge is 2.13. The predicted molar refractivity (Wildman–Crippen MR) is 106 cm³/mol. The summed E-state index contributed by atoms with van der Waals surface area (Å²) in [6, 6.07) is 15.3. The zero-order chi connectivity index (χ0) is 19.9. The second-order valence-corrected chi connectivity index (χ2v) is 7.39. The molecule has 0 fully saturated rings. The van der Waals surface area contributed by atoms with Gasteiger partial charge in [-0.3, -0.25) is 4.79 Å². The van der Waals surface area contributed by atoms with Crippen molar-refractivity contribution in [3.8, 4) is 5.75 Å². The van der Waals surface area contributed by atoms with E-state index in [-0.39, 0.29) is 17.9 Å². The van der Waals surface area contributed by atoms with Crippen molar-refractivity contribution in [3.05, 3.63) is 59.7 Å². The Kier molecular flexibility index (Phi) is 6.99. The van der Waals surface area contributed by atoms with E-state index in [9.17, 15) is 9.59 Å². The van der Waals surface area contributed by atoms with Gasteiger partial charge in [0.05, 0.1) is 7.11 Å². The van der Waals surface area contributed by atoms with Crippen molar-refractivity contribution in [2.45, 2.75) is 39.0 Å². The highest BCUT2D eigenvalue weighted by molar-refractivity contribution is 5.91. The highest BCUT2D eigenvalue weighted by atomic mass is 16.6. The van der Waals surface area contributed by atoms with Gasteiger partial charge in [-0.2, -0.15) is 0 Å². The average Bonchev–Trinajstić information content (AvgIpc) is 2.64. The van der Waals surface area contributed by atoms with Gasteiger partial charge >= 0.3 is 5.97 Å². The van der Waals surface area contributed by atoms with Crippen molar-refractivity contribution >= 4 is 17.6 Å². The molecule has 0 bridgehead atoms. The lowest BCUT2D eigenvalue weighted by atomic mass is 9.86. The minimum absolute atomic E-state index is 0.0694. The molecule has 0 unspecified atom stereocenters. The van der Waals surface area contributed by atoms with Crippen molar-refractivity contribution in [1.82, 2.24) is 0 Å². The molecule has 0 aliphatic carbocycles. The molecular weight excluding hydrogens is 342 g/mol. The molecule has 0 aliphatic rings. The molecule has 0 spiro atoms. The van der Waals surface area contributed by atoms with Crippen molar-refractivity contribution < 1.29 is 19.1 Å². The number of carbonyl (C=O) groups excluding carboxylic acids is 2. The van der Waals surface area contributed by atoms with Crippen LogP contribution in [0.4, 0.5) is 5.69 Å². The molecule has 0 aliphatic heterocycles. The Morgan fingerprint density at radius 3 is 2.37 bits per heavy atom. The maximum atomic E-state index is 12.2. The lowest BCUT2D eigenvalue weighted by Crippen LogP contribution is -2.14. The number of hydrogen-bond donors (Lipinski definition) is 1. The summed E-state index contributed by atoms with van der Waals surface area (Å²) in [7, 11) is 1.30. The smallest absolute Gasteiger partial charge is 0.343 e. The van der Waals surface area contributed by atoms with E-state index in [1.54, 1.807) is 24.3 Å². The van der Waals surface area contributed by atoms with E-state index in [4.69, 9.17) is 4.74 Å². The van der Waals surface area contributed by atoms with Gasteiger partial charge in [-0.05, 0) is 35.1 Å². The zero-order valence-corrected chi connectivity index (χ0v) is 16.4. The van der Waals surface area contributed by atoms with Crippen LogP contribution in [0.3, 0.4) is 0 Å². The number of amides is 1. The second kappa shape index (κ2) is 9.21. The summed E-state index contributed by atoms with van der Waals surface area (Å²) in [5.41, 5.74) is 3.16. The third-order valence-corrected chi connectivity index (χ3v) is 4.16. The SMILES string of the molecule is COC(=O)COc1cccc(NC(=O)CCc2ccc(C(C)(C)C)cc2)c1. The van der Waals surface area contributed by atoms with Crippen LogP contribution < -0.4 is 10.1 Å². The van der Waals surface area contributed by atoms with E-state index in [0.29, 0.717) is 24.3 Å². The summed E-state index contributed by atoms with van der Waals surface area (Å²) >= 11 is 0. The summed E-state index contributed by atoms with van der Waals surface area (Å²) in [4.78, 5) is 23.3. The molecule has 2 aromatic rings. The summed E-state index contributed by atoms with van der Waals surface area (Å²) < 4.78 is 9.86. The molecule has 1 amide bonds. The van der Waals surface area contributed by atoms with Crippen LogP contribution in [0, 0.1) is 0 Å². The fraction of sp³-hybridized carbons (Fsp3) is 0.364. The summed E-state index contributed by atoms with van der Waals surface area (Å²) in [5.74, 6) is -0.0297. The molecule has 0 aromatic heterocycles. The van der Waals surface area contributed by atoms with Gasteiger partial charge in [0.1, 0.15) is 5.75 Å². The first-order valence-electron chi connectivity index (χ1n) is 8.97. The predicted octanol–water partition coefficient (Wildman–Crippen LogP) is 4.11. The van der Waals surface area contributed by atoms with Gasteiger partial charge in [0, 0.05) is 18.2 Å². The molecule has 0 atom stereocenters. The van der Waals surface area contributed by atoms with E-state index >= 15 is 0 Å².